The third kappa shape index (κ3) is 5.21. The van der Waals surface area contributed by atoms with Crippen molar-refractivity contribution in [3.8, 4) is 11.4 Å². The van der Waals surface area contributed by atoms with Gasteiger partial charge in [0.1, 0.15) is 5.82 Å². The average molecular weight is 388 g/mol. The molecule has 0 spiro atoms. The van der Waals surface area contributed by atoms with Crippen LogP contribution in [0.1, 0.15) is 29.1 Å². The van der Waals surface area contributed by atoms with Crippen molar-refractivity contribution in [3.63, 3.8) is 0 Å². The van der Waals surface area contributed by atoms with Gasteiger partial charge in [-0.15, -0.1) is 0 Å². The number of benzene rings is 2. The number of aromatic nitrogens is 2. The van der Waals surface area contributed by atoms with Gasteiger partial charge in [0, 0.05) is 29.0 Å². The van der Waals surface area contributed by atoms with E-state index in [1.807, 2.05) is 0 Å². The van der Waals surface area contributed by atoms with E-state index >= 15 is 0 Å². The lowest BCUT2D eigenvalue weighted by Crippen LogP contribution is -2.23. The molecular weight excluding hydrogens is 373 g/mol. The molecule has 3 aromatic rings. The standard InChI is InChI=1S/C19H15ClFN3O3/c20-14-3-1-2-13(10-14)19-23-18(27-24-19)11-22-17(26)9-8-16(25)12-4-6-15(21)7-5-12/h1-7,10H,8-9,11H2,(H,22,26). The van der Waals surface area contributed by atoms with E-state index in [2.05, 4.69) is 15.5 Å². The molecule has 0 saturated carbocycles. The number of rotatable bonds is 7. The van der Waals surface area contributed by atoms with E-state index in [9.17, 15) is 14.0 Å². The summed E-state index contributed by atoms with van der Waals surface area (Å²) >= 11 is 5.93. The molecule has 138 valence electrons. The van der Waals surface area contributed by atoms with Crippen molar-refractivity contribution < 1.29 is 18.5 Å². The van der Waals surface area contributed by atoms with Gasteiger partial charge in [-0.25, -0.2) is 4.39 Å². The van der Waals surface area contributed by atoms with Crippen molar-refractivity contribution in [2.24, 2.45) is 0 Å². The van der Waals surface area contributed by atoms with Gasteiger partial charge >= 0.3 is 0 Å². The van der Waals surface area contributed by atoms with Gasteiger partial charge < -0.3 is 9.84 Å². The number of carbonyl (C=O) groups is 2. The average Bonchev–Trinajstić information content (AvgIpc) is 3.14. The first kappa shape index (κ1) is 18.7. The van der Waals surface area contributed by atoms with Gasteiger partial charge in [0.2, 0.25) is 17.6 Å². The quantitative estimate of drug-likeness (QED) is 0.623. The maximum atomic E-state index is 12.9. The van der Waals surface area contributed by atoms with Gasteiger partial charge in [0.15, 0.2) is 5.78 Å². The number of halogens is 2. The molecule has 0 saturated heterocycles. The number of nitrogens with one attached hydrogen (secondary N) is 1. The Hall–Kier alpha value is -3.06. The molecule has 2 aromatic carbocycles. The Morgan fingerprint density at radius 1 is 1.11 bits per heavy atom. The smallest absolute Gasteiger partial charge is 0.246 e. The second-order valence-electron chi connectivity index (χ2n) is 5.73. The fraction of sp³-hybridized carbons (Fsp3) is 0.158. The summed E-state index contributed by atoms with van der Waals surface area (Å²) in [6.45, 7) is 0.0527. The summed E-state index contributed by atoms with van der Waals surface area (Å²) in [6, 6.07) is 12.2. The minimum atomic E-state index is -0.416. The van der Waals surface area contributed by atoms with Crippen LogP contribution in [0, 0.1) is 5.82 Å². The van der Waals surface area contributed by atoms with Crippen LogP contribution in [0.25, 0.3) is 11.4 Å². The van der Waals surface area contributed by atoms with E-state index < -0.39 is 5.82 Å². The molecule has 27 heavy (non-hydrogen) atoms. The fourth-order valence-electron chi connectivity index (χ4n) is 2.34. The summed E-state index contributed by atoms with van der Waals surface area (Å²) in [7, 11) is 0. The molecule has 0 atom stereocenters. The minimum Gasteiger partial charge on any atom is -0.347 e. The predicted octanol–water partition coefficient (Wildman–Crippen LogP) is 3.81. The Labute approximate surface area is 159 Å². The first-order valence-electron chi connectivity index (χ1n) is 8.15. The minimum absolute atomic E-state index is 0.00545. The highest BCUT2D eigenvalue weighted by atomic mass is 35.5. The van der Waals surface area contributed by atoms with Crippen molar-refractivity contribution in [3.05, 3.63) is 70.8 Å². The lowest BCUT2D eigenvalue weighted by molar-refractivity contribution is -0.121. The Bertz CT molecular complexity index is 957. The Balaban J connectivity index is 1.48. The molecule has 1 heterocycles. The monoisotopic (exact) mass is 387 g/mol. The highest BCUT2D eigenvalue weighted by molar-refractivity contribution is 6.30. The topological polar surface area (TPSA) is 85.1 Å². The molecule has 0 aliphatic carbocycles. The molecule has 0 fully saturated rings. The zero-order valence-corrected chi connectivity index (χ0v) is 14.9. The first-order chi connectivity index (χ1) is 13.0. The van der Waals surface area contributed by atoms with Crippen LogP contribution in [0.3, 0.4) is 0 Å². The number of amides is 1. The van der Waals surface area contributed by atoms with Crippen molar-refractivity contribution >= 4 is 23.3 Å². The van der Waals surface area contributed by atoms with Crippen molar-refractivity contribution in [2.75, 3.05) is 0 Å². The molecule has 0 aliphatic rings. The molecule has 0 radical (unpaired) electrons. The Kier molecular flexibility index (Phi) is 5.93. The maximum absolute atomic E-state index is 12.9. The van der Waals surface area contributed by atoms with Crippen LogP contribution in [-0.2, 0) is 11.3 Å². The number of hydrogen-bond donors (Lipinski definition) is 1. The summed E-state index contributed by atoms with van der Waals surface area (Å²) in [5.41, 5.74) is 1.07. The summed E-state index contributed by atoms with van der Waals surface area (Å²) < 4.78 is 17.9. The maximum Gasteiger partial charge on any atom is 0.246 e. The fourth-order valence-corrected chi connectivity index (χ4v) is 2.53. The van der Waals surface area contributed by atoms with Crippen LogP contribution in [0.2, 0.25) is 5.02 Å². The van der Waals surface area contributed by atoms with Crippen LogP contribution < -0.4 is 5.32 Å². The second-order valence-corrected chi connectivity index (χ2v) is 6.17. The number of Topliss-reactive ketones (excluding diaryl/α,β-unsaturated/α-hetero) is 1. The van der Waals surface area contributed by atoms with Gasteiger partial charge in [-0.05, 0) is 36.4 Å². The zero-order valence-electron chi connectivity index (χ0n) is 14.1. The highest BCUT2D eigenvalue weighted by Gasteiger charge is 2.12. The van der Waals surface area contributed by atoms with Gasteiger partial charge in [-0.3, -0.25) is 9.59 Å². The molecule has 1 amide bonds. The largest absolute Gasteiger partial charge is 0.347 e. The summed E-state index contributed by atoms with van der Waals surface area (Å²) in [6.07, 6.45) is 0.0283. The lowest BCUT2D eigenvalue weighted by Gasteiger charge is -2.02. The molecule has 1 aromatic heterocycles. The van der Waals surface area contributed by atoms with E-state index in [4.69, 9.17) is 16.1 Å². The Morgan fingerprint density at radius 2 is 1.89 bits per heavy atom. The Morgan fingerprint density at radius 3 is 2.63 bits per heavy atom. The SMILES string of the molecule is O=C(CCC(=O)c1ccc(F)cc1)NCc1nc(-c2cccc(Cl)c2)no1. The molecule has 3 rings (SSSR count). The van der Waals surface area contributed by atoms with Gasteiger partial charge in [-0.2, -0.15) is 4.98 Å². The highest BCUT2D eigenvalue weighted by Crippen LogP contribution is 2.19. The van der Waals surface area contributed by atoms with Crippen LogP contribution in [0.4, 0.5) is 4.39 Å². The van der Waals surface area contributed by atoms with Crippen LogP contribution in [0.5, 0.6) is 0 Å². The number of ketones is 1. The van der Waals surface area contributed by atoms with Gasteiger partial charge in [0.05, 0.1) is 6.54 Å². The molecule has 1 N–H and O–H groups in total. The van der Waals surface area contributed by atoms with Crippen LogP contribution in [0.15, 0.2) is 53.1 Å². The third-order valence-electron chi connectivity index (χ3n) is 3.73. The summed E-state index contributed by atoms with van der Waals surface area (Å²) in [5, 5.41) is 7.02. The third-order valence-corrected chi connectivity index (χ3v) is 3.97. The van der Waals surface area contributed by atoms with E-state index in [0.29, 0.717) is 22.0 Å². The second kappa shape index (κ2) is 8.55. The lowest BCUT2D eigenvalue weighted by atomic mass is 10.1. The van der Waals surface area contributed by atoms with Gasteiger partial charge in [0.25, 0.3) is 0 Å². The normalized spacial score (nSPS) is 10.6. The molecule has 0 aliphatic heterocycles. The number of nitrogens with zero attached hydrogens (tertiary/aromatic N) is 2. The first-order valence-corrected chi connectivity index (χ1v) is 8.53. The van der Waals surface area contributed by atoms with Crippen molar-refractivity contribution in [1.82, 2.24) is 15.5 Å². The van der Waals surface area contributed by atoms with Gasteiger partial charge in [-0.1, -0.05) is 28.9 Å². The van der Waals surface area contributed by atoms with E-state index in [0.717, 1.165) is 0 Å². The molecule has 8 heteroatoms. The molecule has 0 bridgehead atoms. The summed E-state index contributed by atoms with van der Waals surface area (Å²) in [5.74, 6) is -0.364. The predicted molar refractivity (Wildman–Crippen MR) is 96.6 cm³/mol. The van der Waals surface area contributed by atoms with Crippen LogP contribution >= 0.6 is 11.6 Å². The van der Waals surface area contributed by atoms with E-state index in [1.165, 1.54) is 24.3 Å². The molecular formula is C19H15ClFN3O3. The van der Waals surface area contributed by atoms with Crippen molar-refractivity contribution in [2.45, 2.75) is 19.4 Å². The molecule has 6 nitrogen and oxygen atoms in total. The number of carbonyl (C=O) groups excluding carboxylic acids is 2. The van der Waals surface area contributed by atoms with E-state index in [1.54, 1.807) is 24.3 Å². The molecule has 0 unspecified atom stereocenters. The number of hydrogen-bond acceptors (Lipinski definition) is 5. The van der Waals surface area contributed by atoms with Crippen molar-refractivity contribution in [1.29, 1.82) is 0 Å². The summed E-state index contributed by atoms with van der Waals surface area (Å²) in [4.78, 5) is 28.1. The van der Waals surface area contributed by atoms with E-state index in [-0.39, 0.29) is 37.0 Å². The zero-order chi connectivity index (χ0) is 19.2. The van der Waals surface area contributed by atoms with Crippen LogP contribution in [-0.4, -0.2) is 21.8 Å².